The lowest BCUT2D eigenvalue weighted by Crippen LogP contribution is -2.41. The number of fused-ring (bicyclic) bond motifs is 1. The monoisotopic (exact) mass is 430 g/mol. The second kappa shape index (κ2) is 7.76. The predicted molar refractivity (Wildman–Crippen MR) is 118 cm³/mol. The van der Waals surface area contributed by atoms with E-state index in [-0.39, 0.29) is 5.75 Å². The highest BCUT2D eigenvalue weighted by molar-refractivity contribution is 6.62. The summed E-state index contributed by atoms with van der Waals surface area (Å²) in [6.45, 7) is 8.35. The fourth-order valence-corrected chi connectivity index (χ4v) is 4.01. The molecule has 166 valence electrons. The molecule has 0 saturated carbocycles. The van der Waals surface area contributed by atoms with E-state index in [2.05, 4.69) is 22.2 Å². The molecule has 1 fully saturated rings. The number of hydrogen-bond acceptors (Lipinski definition) is 5. The van der Waals surface area contributed by atoms with E-state index in [0.717, 1.165) is 28.8 Å². The number of ether oxygens (including phenoxy) is 1. The molecule has 0 atom stereocenters. The second-order valence-corrected chi connectivity index (χ2v) is 9.34. The molecule has 0 amide bonds. The van der Waals surface area contributed by atoms with Gasteiger partial charge in [0.25, 0.3) is 0 Å². The van der Waals surface area contributed by atoms with Crippen LogP contribution in [0.2, 0.25) is 0 Å². The molecular weight excluding hydrogens is 401 g/mol. The largest absolute Gasteiger partial charge is 0.494 e. The molecule has 0 aliphatic carbocycles. The van der Waals surface area contributed by atoms with E-state index in [0.29, 0.717) is 12.1 Å². The van der Waals surface area contributed by atoms with Gasteiger partial charge >= 0.3 is 13.7 Å². The molecule has 0 unspecified atom stereocenters. The van der Waals surface area contributed by atoms with Crippen molar-refractivity contribution in [3.63, 3.8) is 0 Å². The third-order valence-electron chi connectivity index (χ3n) is 6.48. The van der Waals surface area contributed by atoms with E-state index in [4.69, 9.17) is 14.0 Å². The first-order valence-corrected chi connectivity index (χ1v) is 10.5. The lowest BCUT2D eigenvalue weighted by molar-refractivity contribution is -0.0505. The van der Waals surface area contributed by atoms with Gasteiger partial charge in [0.05, 0.1) is 23.4 Å². The molecule has 2 aliphatic rings. The van der Waals surface area contributed by atoms with Gasteiger partial charge in [-0.15, -0.1) is 0 Å². The fraction of sp³-hybridized carbons (Fsp3) is 0.478. The Labute approximate surface area is 183 Å². The van der Waals surface area contributed by atoms with Gasteiger partial charge in [0.1, 0.15) is 5.75 Å². The Morgan fingerprint density at radius 3 is 2.39 bits per heavy atom. The van der Waals surface area contributed by atoms with Gasteiger partial charge in [0.2, 0.25) is 0 Å². The molecule has 2 heterocycles. The Hall–Kier alpha value is -2.16. The lowest BCUT2D eigenvalue weighted by atomic mass is 9.78. The molecular formula is C23H29BF2N2O3. The van der Waals surface area contributed by atoms with Crippen LogP contribution in [0.25, 0.3) is 0 Å². The number of benzene rings is 2. The number of rotatable bonds is 5. The highest BCUT2D eigenvalue weighted by Crippen LogP contribution is 2.38. The van der Waals surface area contributed by atoms with Crippen LogP contribution in [0, 0.1) is 6.92 Å². The van der Waals surface area contributed by atoms with Gasteiger partial charge in [-0.25, -0.2) is 5.01 Å². The Bertz CT molecular complexity index is 967. The number of nitrogens with zero attached hydrogens (tertiary/aromatic N) is 2. The maximum absolute atomic E-state index is 12.9. The molecule has 0 spiro atoms. The van der Waals surface area contributed by atoms with Crippen molar-refractivity contribution in [1.29, 1.82) is 0 Å². The van der Waals surface area contributed by atoms with Crippen molar-refractivity contribution < 1.29 is 22.8 Å². The molecule has 2 aromatic rings. The van der Waals surface area contributed by atoms with E-state index in [1.807, 2.05) is 53.8 Å². The minimum absolute atomic E-state index is 0.199. The zero-order valence-corrected chi connectivity index (χ0v) is 18.9. The quantitative estimate of drug-likeness (QED) is 0.663. The summed E-state index contributed by atoms with van der Waals surface area (Å²) in [6, 6.07) is 11.5. The van der Waals surface area contributed by atoms with Crippen molar-refractivity contribution >= 4 is 18.3 Å². The van der Waals surface area contributed by atoms with Gasteiger partial charge in [0, 0.05) is 19.2 Å². The normalized spacial score (nSPS) is 19.9. The minimum atomic E-state index is -2.86. The summed E-state index contributed by atoms with van der Waals surface area (Å²) in [5.41, 5.74) is 3.97. The number of aryl methyl sites for hydroxylation is 1. The first-order chi connectivity index (χ1) is 14.5. The summed E-state index contributed by atoms with van der Waals surface area (Å²) in [7, 11) is 1.53. The molecule has 0 radical (unpaired) electrons. The maximum Gasteiger partial charge on any atom is 0.494 e. The average molecular weight is 430 g/mol. The fourth-order valence-electron chi connectivity index (χ4n) is 4.01. The van der Waals surface area contributed by atoms with Gasteiger partial charge in [-0.2, -0.15) is 8.78 Å². The standard InChI is InChI=1S/C23H29BF2N2O3/c1-15-7-10-20(29-21(25)26)17(11-15)14-28-19-12-18(9-8-16(19)13-27(28)6)24-30-22(2,3)23(4,5)31-24/h7-12,21H,13-14H2,1-6H3. The van der Waals surface area contributed by atoms with E-state index in [1.165, 1.54) is 0 Å². The van der Waals surface area contributed by atoms with E-state index < -0.39 is 24.9 Å². The van der Waals surface area contributed by atoms with Gasteiger partial charge < -0.3 is 19.1 Å². The molecule has 2 aromatic carbocycles. The summed E-state index contributed by atoms with van der Waals surface area (Å²) in [5.74, 6) is 0.199. The van der Waals surface area contributed by atoms with Gasteiger partial charge in [-0.3, -0.25) is 0 Å². The van der Waals surface area contributed by atoms with Crippen LogP contribution in [0.4, 0.5) is 14.5 Å². The van der Waals surface area contributed by atoms with Crippen molar-refractivity contribution in [2.75, 3.05) is 12.1 Å². The molecule has 5 nitrogen and oxygen atoms in total. The van der Waals surface area contributed by atoms with Crippen LogP contribution >= 0.6 is 0 Å². The van der Waals surface area contributed by atoms with Crippen molar-refractivity contribution in [3.05, 3.63) is 53.1 Å². The van der Waals surface area contributed by atoms with E-state index in [1.54, 1.807) is 12.1 Å². The van der Waals surface area contributed by atoms with Gasteiger partial charge in [-0.1, -0.05) is 29.8 Å². The average Bonchev–Trinajstić information content (AvgIpc) is 3.08. The maximum atomic E-state index is 12.9. The smallest absolute Gasteiger partial charge is 0.434 e. The SMILES string of the molecule is Cc1ccc(OC(F)F)c(CN2c3cc(B4OC(C)(C)C(C)(C)O4)ccc3CN2C)c1. The Morgan fingerprint density at radius 1 is 1.06 bits per heavy atom. The first-order valence-electron chi connectivity index (χ1n) is 10.5. The molecule has 0 N–H and O–H groups in total. The number of hydrogen-bond donors (Lipinski definition) is 0. The number of hydrazine groups is 1. The first kappa shape index (κ1) is 22.1. The zero-order valence-electron chi connectivity index (χ0n) is 18.9. The highest BCUT2D eigenvalue weighted by atomic mass is 19.3. The van der Waals surface area contributed by atoms with Gasteiger partial charge in [0.15, 0.2) is 0 Å². The van der Waals surface area contributed by atoms with Crippen LogP contribution in [0.15, 0.2) is 36.4 Å². The third kappa shape index (κ3) is 4.16. The molecule has 0 bridgehead atoms. The molecule has 4 rings (SSSR count). The van der Waals surface area contributed by atoms with Gasteiger partial charge in [-0.05, 0) is 57.8 Å². The Balaban J connectivity index is 1.64. The van der Waals surface area contributed by atoms with Crippen LogP contribution in [-0.2, 0) is 22.4 Å². The number of alkyl halides is 2. The van der Waals surface area contributed by atoms with Crippen LogP contribution in [-0.4, -0.2) is 37.0 Å². The predicted octanol–water partition coefficient (Wildman–Crippen LogP) is 4.26. The van der Waals surface area contributed by atoms with Crippen LogP contribution in [0.1, 0.15) is 44.4 Å². The Morgan fingerprint density at radius 2 is 1.74 bits per heavy atom. The zero-order chi connectivity index (χ0) is 22.6. The van der Waals surface area contributed by atoms with Crippen molar-refractivity contribution in [2.45, 2.75) is 65.5 Å². The van der Waals surface area contributed by atoms with Crippen LogP contribution in [0.5, 0.6) is 5.75 Å². The molecule has 1 saturated heterocycles. The lowest BCUT2D eigenvalue weighted by Gasteiger charge is -2.32. The van der Waals surface area contributed by atoms with E-state index in [9.17, 15) is 8.78 Å². The summed E-state index contributed by atoms with van der Waals surface area (Å²) in [5, 5.41) is 4.16. The summed E-state index contributed by atoms with van der Waals surface area (Å²) in [4.78, 5) is 0. The minimum Gasteiger partial charge on any atom is -0.434 e. The molecule has 2 aliphatic heterocycles. The summed E-state index contributed by atoms with van der Waals surface area (Å²) in [6.07, 6.45) is 0. The molecule has 31 heavy (non-hydrogen) atoms. The molecule has 0 aromatic heterocycles. The summed E-state index contributed by atoms with van der Waals surface area (Å²) < 4.78 is 43.0. The van der Waals surface area contributed by atoms with Crippen molar-refractivity contribution in [1.82, 2.24) is 5.01 Å². The summed E-state index contributed by atoms with van der Waals surface area (Å²) >= 11 is 0. The number of halogens is 2. The van der Waals surface area contributed by atoms with Crippen LogP contribution < -0.4 is 15.2 Å². The topological polar surface area (TPSA) is 34.2 Å². The van der Waals surface area contributed by atoms with Crippen molar-refractivity contribution in [2.24, 2.45) is 0 Å². The second-order valence-electron chi connectivity index (χ2n) is 9.34. The Kier molecular flexibility index (Phi) is 5.52. The third-order valence-corrected chi connectivity index (χ3v) is 6.48. The van der Waals surface area contributed by atoms with Crippen LogP contribution in [0.3, 0.4) is 0 Å². The number of anilines is 1. The van der Waals surface area contributed by atoms with Crippen molar-refractivity contribution in [3.8, 4) is 5.75 Å². The van der Waals surface area contributed by atoms with E-state index >= 15 is 0 Å². The molecule has 8 heteroatoms. The highest BCUT2D eigenvalue weighted by Gasteiger charge is 2.51.